The number of amides is 2. The smallest absolute Gasteiger partial charge is 0.243 e. The Hall–Kier alpha value is -0.460. The van der Waals surface area contributed by atoms with Crippen LogP contribution in [0.15, 0.2) is 0 Å². The number of carbonyl (C=O) groups excluding carboxylic acids is 2. The Labute approximate surface area is 123 Å². The van der Waals surface area contributed by atoms with Crippen LogP contribution in [0.1, 0.15) is 26.2 Å². The van der Waals surface area contributed by atoms with Crippen molar-refractivity contribution < 1.29 is 9.59 Å². The average Bonchev–Trinajstić information content (AvgIpc) is 2.99. The van der Waals surface area contributed by atoms with Crippen molar-refractivity contribution in [1.82, 2.24) is 15.5 Å². The summed E-state index contributed by atoms with van der Waals surface area (Å²) in [6, 6.07) is -0.0392. The maximum Gasteiger partial charge on any atom is 0.243 e. The van der Waals surface area contributed by atoms with Crippen LogP contribution in [0.4, 0.5) is 0 Å². The summed E-state index contributed by atoms with van der Waals surface area (Å²) < 4.78 is 0. The Kier molecular flexibility index (Phi) is 4.32. The normalized spacial score (nSPS) is 37.1. The van der Waals surface area contributed by atoms with Crippen LogP contribution in [0.2, 0.25) is 0 Å². The maximum atomic E-state index is 12.3. The van der Waals surface area contributed by atoms with Gasteiger partial charge >= 0.3 is 0 Å². The molecule has 3 unspecified atom stereocenters. The van der Waals surface area contributed by atoms with E-state index in [-0.39, 0.29) is 41.2 Å². The van der Waals surface area contributed by atoms with Crippen LogP contribution >= 0.6 is 24.2 Å². The first-order valence-corrected chi connectivity index (χ1v) is 7.56. The Morgan fingerprint density at radius 1 is 1.58 bits per heavy atom. The SMILES string of the molecule is CC12CCC(=O)N1C(C(=O)NC1CCNC1)CS2.Cl. The van der Waals surface area contributed by atoms with Gasteiger partial charge in [0.15, 0.2) is 0 Å². The highest BCUT2D eigenvalue weighted by Gasteiger charge is 2.53. The largest absolute Gasteiger partial charge is 0.350 e. The van der Waals surface area contributed by atoms with Gasteiger partial charge in [-0.1, -0.05) is 0 Å². The third-order valence-electron chi connectivity index (χ3n) is 4.15. The van der Waals surface area contributed by atoms with Crippen LogP contribution in [0, 0.1) is 0 Å². The third-order valence-corrected chi connectivity index (χ3v) is 5.66. The molecule has 3 heterocycles. The van der Waals surface area contributed by atoms with Gasteiger partial charge in [0, 0.05) is 24.8 Å². The van der Waals surface area contributed by atoms with Gasteiger partial charge in [-0.05, 0) is 26.3 Å². The van der Waals surface area contributed by atoms with Crippen molar-refractivity contribution in [3.63, 3.8) is 0 Å². The second kappa shape index (κ2) is 5.50. The Morgan fingerprint density at radius 2 is 2.37 bits per heavy atom. The predicted octanol–water partition coefficient (Wildman–Crippen LogP) is 0.340. The molecule has 0 aromatic rings. The molecular formula is C12H20ClN3O2S. The molecule has 3 fully saturated rings. The van der Waals surface area contributed by atoms with E-state index in [1.807, 2.05) is 4.90 Å². The van der Waals surface area contributed by atoms with E-state index in [0.29, 0.717) is 6.42 Å². The summed E-state index contributed by atoms with van der Waals surface area (Å²) >= 11 is 1.74. The van der Waals surface area contributed by atoms with Gasteiger partial charge in [-0.2, -0.15) is 0 Å². The summed E-state index contributed by atoms with van der Waals surface area (Å²) in [6.07, 6.45) is 2.43. The number of thioether (sulfide) groups is 1. The highest BCUT2D eigenvalue weighted by Crippen LogP contribution is 2.47. The lowest BCUT2D eigenvalue weighted by Crippen LogP contribution is -2.52. The molecule has 0 saturated carbocycles. The minimum atomic E-state index is -0.268. The molecule has 0 radical (unpaired) electrons. The second-order valence-corrected chi connectivity index (χ2v) is 6.97. The molecule has 3 rings (SSSR count). The molecule has 3 aliphatic heterocycles. The lowest BCUT2D eigenvalue weighted by Gasteiger charge is -2.30. The molecule has 19 heavy (non-hydrogen) atoms. The van der Waals surface area contributed by atoms with Crippen LogP contribution in [0.25, 0.3) is 0 Å². The third kappa shape index (κ3) is 2.58. The minimum Gasteiger partial charge on any atom is -0.350 e. The van der Waals surface area contributed by atoms with E-state index < -0.39 is 0 Å². The number of fused-ring (bicyclic) bond motifs is 1. The van der Waals surface area contributed by atoms with Gasteiger partial charge in [-0.15, -0.1) is 24.2 Å². The number of halogens is 1. The van der Waals surface area contributed by atoms with Crippen LogP contribution in [-0.4, -0.2) is 52.5 Å². The fourth-order valence-electron chi connectivity index (χ4n) is 3.09. The van der Waals surface area contributed by atoms with Crippen molar-refractivity contribution in [3.05, 3.63) is 0 Å². The number of hydrogen-bond acceptors (Lipinski definition) is 4. The summed E-state index contributed by atoms with van der Waals surface area (Å²) in [6.45, 7) is 3.88. The maximum absolute atomic E-state index is 12.3. The van der Waals surface area contributed by atoms with Crippen LogP contribution in [-0.2, 0) is 9.59 Å². The first kappa shape index (κ1) is 14.9. The van der Waals surface area contributed by atoms with Crippen molar-refractivity contribution in [3.8, 4) is 0 Å². The van der Waals surface area contributed by atoms with E-state index in [1.54, 1.807) is 11.8 Å². The van der Waals surface area contributed by atoms with E-state index in [0.717, 1.165) is 31.7 Å². The molecule has 3 aliphatic rings. The molecule has 0 aromatic carbocycles. The van der Waals surface area contributed by atoms with Crippen molar-refractivity contribution in [2.24, 2.45) is 0 Å². The molecule has 0 aliphatic carbocycles. The van der Waals surface area contributed by atoms with Crippen molar-refractivity contribution in [1.29, 1.82) is 0 Å². The lowest BCUT2D eigenvalue weighted by molar-refractivity contribution is -0.138. The summed E-state index contributed by atoms with van der Waals surface area (Å²) in [7, 11) is 0. The lowest BCUT2D eigenvalue weighted by atomic mass is 10.2. The molecule has 5 nitrogen and oxygen atoms in total. The van der Waals surface area contributed by atoms with Crippen molar-refractivity contribution in [2.75, 3.05) is 18.8 Å². The van der Waals surface area contributed by atoms with E-state index in [4.69, 9.17) is 0 Å². The first-order chi connectivity index (χ1) is 8.60. The van der Waals surface area contributed by atoms with Crippen LogP contribution < -0.4 is 10.6 Å². The fourth-order valence-corrected chi connectivity index (χ4v) is 4.52. The van der Waals surface area contributed by atoms with Gasteiger partial charge in [-0.25, -0.2) is 0 Å². The standard InChI is InChI=1S/C12H19N3O2S.ClH/c1-12-4-2-10(16)15(12)9(7-18-12)11(17)14-8-3-5-13-6-8;/h8-9,13H,2-7H2,1H3,(H,14,17);1H. The summed E-state index contributed by atoms with van der Waals surface area (Å²) in [5.74, 6) is 0.885. The Bertz CT molecular complexity index is 389. The van der Waals surface area contributed by atoms with Gasteiger partial charge < -0.3 is 15.5 Å². The number of carbonyl (C=O) groups is 2. The Balaban J connectivity index is 0.00000133. The first-order valence-electron chi connectivity index (χ1n) is 6.57. The quantitative estimate of drug-likeness (QED) is 0.772. The van der Waals surface area contributed by atoms with Crippen LogP contribution in [0.5, 0.6) is 0 Å². The number of nitrogens with one attached hydrogen (secondary N) is 2. The minimum absolute atomic E-state index is 0. The molecule has 7 heteroatoms. The van der Waals surface area contributed by atoms with E-state index in [1.165, 1.54) is 0 Å². The van der Waals surface area contributed by atoms with Gasteiger partial charge in [0.2, 0.25) is 11.8 Å². The van der Waals surface area contributed by atoms with Gasteiger partial charge in [0.05, 0.1) is 4.87 Å². The van der Waals surface area contributed by atoms with E-state index in [9.17, 15) is 9.59 Å². The van der Waals surface area contributed by atoms with Crippen molar-refractivity contribution in [2.45, 2.75) is 43.1 Å². The molecule has 3 saturated heterocycles. The van der Waals surface area contributed by atoms with Crippen molar-refractivity contribution >= 4 is 36.0 Å². The zero-order chi connectivity index (χ0) is 12.8. The molecule has 2 N–H and O–H groups in total. The average molecular weight is 306 g/mol. The highest BCUT2D eigenvalue weighted by molar-refractivity contribution is 8.01. The molecule has 3 atom stereocenters. The molecular weight excluding hydrogens is 286 g/mol. The topological polar surface area (TPSA) is 61.4 Å². The van der Waals surface area contributed by atoms with E-state index >= 15 is 0 Å². The predicted molar refractivity (Wildman–Crippen MR) is 77.4 cm³/mol. The molecule has 0 aromatic heterocycles. The fraction of sp³-hybridized carbons (Fsp3) is 0.833. The van der Waals surface area contributed by atoms with E-state index in [2.05, 4.69) is 17.6 Å². The summed E-state index contributed by atoms with van der Waals surface area (Å²) in [5, 5.41) is 6.29. The molecule has 0 bridgehead atoms. The highest BCUT2D eigenvalue weighted by atomic mass is 35.5. The van der Waals surface area contributed by atoms with Gasteiger partial charge in [0.25, 0.3) is 0 Å². The second-order valence-electron chi connectivity index (χ2n) is 5.46. The summed E-state index contributed by atoms with van der Waals surface area (Å²) in [5.41, 5.74) is 0. The monoisotopic (exact) mass is 305 g/mol. The number of hydrogen-bond donors (Lipinski definition) is 2. The molecule has 0 spiro atoms. The van der Waals surface area contributed by atoms with Gasteiger partial charge in [0.1, 0.15) is 6.04 Å². The molecule has 108 valence electrons. The zero-order valence-corrected chi connectivity index (χ0v) is 12.6. The zero-order valence-electron chi connectivity index (χ0n) is 11.0. The van der Waals surface area contributed by atoms with Gasteiger partial charge in [-0.3, -0.25) is 9.59 Å². The van der Waals surface area contributed by atoms with Crippen LogP contribution in [0.3, 0.4) is 0 Å². The number of nitrogens with zero attached hydrogens (tertiary/aromatic N) is 1. The summed E-state index contributed by atoms with van der Waals surface area (Å²) in [4.78, 5) is 25.9. The molecule has 2 amide bonds. The number of rotatable bonds is 2. The Morgan fingerprint density at radius 3 is 3.05 bits per heavy atom.